The summed E-state index contributed by atoms with van der Waals surface area (Å²) in [6.07, 6.45) is 2.62. The van der Waals surface area contributed by atoms with Gasteiger partial charge >= 0.3 is 11.9 Å². The Hall–Kier alpha value is -2.38. The van der Waals surface area contributed by atoms with Gasteiger partial charge in [0.2, 0.25) is 0 Å². The Balaban J connectivity index is 1.96. The highest BCUT2D eigenvalue weighted by atomic mass is 16.5. The summed E-state index contributed by atoms with van der Waals surface area (Å²) in [7, 11) is 2.60. The minimum Gasteiger partial charge on any atom is -0.467 e. The first-order valence-corrected chi connectivity index (χ1v) is 8.03. The predicted octanol–water partition coefficient (Wildman–Crippen LogP) is -0.434. The standard InChI is InChI=1S/C16H20N2O6/c1-23-15(21)9-5-3-7-17(9)11-12(14(20)13(11)19)18-8-4-6-10(18)16(22)24-2/h9-10H,3-8H2,1-2H3. The van der Waals surface area contributed by atoms with Crippen LogP contribution in [0.25, 0.3) is 0 Å². The van der Waals surface area contributed by atoms with E-state index < -0.39 is 34.9 Å². The average molecular weight is 336 g/mol. The highest BCUT2D eigenvalue weighted by Gasteiger charge is 2.42. The molecule has 0 saturated carbocycles. The second-order valence-corrected chi connectivity index (χ2v) is 6.10. The average Bonchev–Trinajstić information content (AvgIpc) is 3.26. The van der Waals surface area contributed by atoms with Crippen LogP contribution in [0.15, 0.2) is 9.59 Å². The van der Waals surface area contributed by atoms with Crippen LogP contribution in [0.1, 0.15) is 25.7 Å². The molecule has 2 aliphatic rings. The molecule has 0 amide bonds. The molecule has 0 N–H and O–H groups in total. The normalized spacial score (nSPS) is 23.8. The van der Waals surface area contributed by atoms with Crippen molar-refractivity contribution >= 4 is 23.3 Å². The lowest BCUT2D eigenvalue weighted by Crippen LogP contribution is -2.51. The number of hydrogen-bond donors (Lipinski definition) is 0. The van der Waals surface area contributed by atoms with Gasteiger partial charge in [0.25, 0.3) is 10.9 Å². The topological polar surface area (TPSA) is 93.2 Å². The van der Waals surface area contributed by atoms with Gasteiger partial charge in [-0.2, -0.15) is 0 Å². The zero-order valence-electron chi connectivity index (χ0n) is 13.7. The van der Waals surface area contributed by atoms with Gasteiger partial charge in [-0.25, -0.2) is 9.59 Å². The summed E-state index contributed by atoms with van der Waals surface area (Å²) in [5.41, 5.74) is -0.722. The molecule has 0 aromatic heterocycles. The van der Waals surface area contributed by atoms with Gasteiger partial charge in [0.15, 0.2) is 0 Å². The second kappa shape index (κ2) is 6.26. The molecule has 0 spiro atoms. The van der Waals surface area contributed by atoms with Crippen LogP contribution in [0.2, 0.25) is 0 Å². The van der Waals surface area contributed by atoms with E-state index in [1.54, 1.807) is 9.80 Å². The highest BCUT2D eigenvalue weighted by Crippen LogP contribution is 2.35. The van der Waals surface area contributed by atoms with Crippen LogP contribution in [-0.4, -0.2) is 51.3 Å². The van der Waals surface area contributed by atoms with Crippen LogP contribution in [0.5, 0.6) is 0 Å². The fourth-order valence-electron chi connectivity index (χ4n) is 3.73. The minimum absolute atomic E-state index is 0.240. The molecule has 0 bridgehead atoms. The maximum Gasteiger partial charge on any atom is 0.328 e. The summed E-state index contributed by atoms with van der Waals surface area (Å²) in [6, 6.07) is -1.12. The van der Waals surface area contributed by atoms with Gasteiger partial charge in [0, 0.05) is 13.1 Å². The molecule has 0 radical (unpaired) electrons. The molecule has 1 aromatic carbocycles. The fourth-order valence-corrected chi connectivity index (χ4v) is 3.73. The van der Waals surface area contributed by atoms with Gasteiger partial charge in [-0.15, -0.1) is 0 Å². The van der Waals surface area contributed by atoms with E-state index in [4.69, 9.17) is 9.47 Å². The second-order valence-electron chi connectivity index (χ2n) is 6.10. The van der Waals surface area contributed by atoms with E-state index in [2.05, 4.69) is 0 Å². The van der Waals surface area contributed by atoms with E-state index in [9.17, 15) is 19.2 Å². The fraction of sp³-hybridized carbons (Fsp3) is 0.625. The molecule has 0 aliphatic carbocycles. The van der Waals surface area contributed by atoms with Crippen molar-refractivity contribution in [2.75, 3.05) is 37.1 Å². The Kier molecular flexibility index (Phi) is 4.29. The molecule has 2 atom stereocenters. The van der Waals surface area contributed by atoms with Gasteiger partial charge in [0.1, 0.15) is 23.5 Å². The van der Waals surface area contributed by atoms with Crippen LogP contribution < -0.4 is 20.7 Å². The molecule has 130 valence electrons. The molecule has 24 heavy (non-hydrogen) atoms. The van der Waals surface area contributed by atoms with Gasteiger partial charge in [-0.3, -0.25) is 9.59 Å². The lowest BCUT2D eigenvalue weighted by molar-refractivity contribution is -0.142. The Morgan fingerprint density at radius 1 is 0.833 bits per heavy atom. The van der Waals surface area contributed by atoms with Gasteiger partial charge in [-0.1, -0.05) is 0 Å². The summed E-state index contributed by atoms with van der Waals surface area (Å²) in [6.45, 7) is 1.02. The molecule has 8 nitrogen and oxygen atoms in total. The third-order valence-electron chi connectivity index (χ3n) is 4.89. The number of methoxy groups -OCH3 is 2. The van der Waals surface area contributed by atoms with Crippen molar-refractivity contribution in [3.05, 3.63) is 20.4 Å². The largest absolute Gasteiger partial charge is 0.467 e. The van der Waals surface area contributed by atoms with E-state index in [1.807, 2.05) is 0 Å². The number of ether oxygens (including phenoxy) is 2. The molecule has 8 heteroatoms. The first-order valence-electron chi connectivity index (χ1n) is 8.03. The molecule has 3 rings (SSSR count). The Morgan fingerprint density at radius 3 is 1.54 bits per heavy atom. The van der Waals surface area contributed by atoms with Crippen molar-refractivity contribution in [1.29, 1.82) is 0 Å². The zero-order chi connectivity index (χ0) is 17.4. The summed E-state index contributed by atoms with van der Waals surface area (Å²) in [4.78, 5) is 51.5. The number of carbonyl (C=O) groups excluding carboxylic acids is 2. The lowest BCUT2D eigenvalue weighted by atomic mass is 10.1. The van der Waals surface area contributed by atoms with Crippen LogP contribution in [0, 0.1) is 0 Å². The van der Waals surface area contributed by atoms with E-state index in [1.165, 1.54) is 14.2 Å². The van der Waals surface area contributed by atoms with Crippen LogP contribution in [0.4, 0.5) is 11.4 Å². The van der Waals surface area contributed by atoms with Crippen molar-refractivity contribution in [3.8, 4) is 0 Å². The Labute approximate surface area is 138 Å². The Bertz CT molecular complexity index is 674. The first kappa shape index (κ1) is 16.5. The van der Waals surface area contributed by atoms with E-state index in [-0.39, 0.29) is 11.4 Å². The summed E-state index contributed by atoms with van der Waals surface area (Å²) < 4.78 is 9.59. The number of rotatable bonds is 4. The number of esters is 2. The van der Waals surface area contributed by atoms with Gasteiger partial charge in [-0.05, 0) is 25.7 Å². The third kappa shape index (κ3) is 2.37. The number of anilines is 2. The van der Waals surface area contributed by atoms with E-state index >= 15 is 0 Å². The monoisotopic (exact) mass is 336 g/mol. The van der Waals surface area contributed by atoms with Crippen LogP contribution >= 0.6 is 0 Å². The molecule has 2 heterocycles. The van der Waals surface area contributed by atoms with Crippen molar-refractivity contribution in [1.82, 2.24) is 0 Å². The van der Waals surface area contributed by atoms with E-state index in [0.717, 1.165) is 12.8 Å². The van der Waals surface area contributed by atoms with Crippen molar-refractivity contribution in [3.63, 3.8) is 0 Å². The number of carbonyl (C=O) groups is 2. The zero-order valence-corrected chi connectivity index (χ0v) is 13.7. The van der Waals surface area contributed by atoms with Gasteiger partial charge in [0.05, 0.1) is 14.2 Å². The third-order valence-corrected chi connectivity index (χ3v) is 4.89. The summed E-state index contributed by atoms with van der Waals surface area (Å²) in [5, 5.41) is 0. The van der Waals surface area contributed by atoms with Crippen LogP contribution in [-0.2, 0) is 19.1 Å². The maximum absolute atomic E-state index is 12.2. The SMILES string of the molecule is COC(=O)C1CCCN1c1c(N2CCCC2C(=O)OC)c(=O)c1=O. The first-order chi connectivity index (χ1) is 11.5. The van der Waals surface area contributed by atoms with E-state index in [0.29, 0.717) is 25.9 Å². The molecular formula is C16H20N2O6. The minimum atomic E-state index is -0.601. The smallest absolute Gasteiger partial charge is 0.328 e. The Morgan fingerprint density at radius 2 is 1.21 bits per heavy atom. The van der Waals surface area contributed by atoms with Crippen molar-refractivity contribution < 1.29 is 19.1 Å². The van der Waals surface area contributed by atoms with Crippen molar-refractivity contribution in [2.45, 2.75) is 37.8 Å². The predicted molar refractivity (Wildman–Crippen MR) is 86.1 cm³/mol. The molecule has 2 fully saturated rings. The number of hydrogen-bond acceptors (Lipinski definition) is 8. The maximum atomic E-state index is 12.2. The molecule has 2 aliphatic heterocycles. The quantitative estimate of drug-likeness (QED) is 0.540. The number of nitrogens with zero attached hydrogens (tertiary/aromatic N) is 2. The van der Waals surface area contributed by atoms with Crippen LogP contribution in [0.3, 0.4) is 0 Å². The summed E-state index contributed by atoms with van der Waals surface area (Å²) >= 11 is 0. The van der Waals surface area contributed by atoms with Crippen molar-refractivity contribution in [2.24, 2.45) is 0 Å². The molecule has 2 saturated heterocycles. The molecular weight excluding hydrogens is 316 g/mol. The molecule has 1 aromatic rings. The highest BCUT2D eigenvalue weighted by molar-refractivity contribution is 5.89. The summed E-state index contributed by atoms with van der Waals surface area (Å²) in [5.74, 6) is -0.838. The molecule has 2 unspecified atom stereocenters. The lowest BCUT2D eigenvalue weighted by Gasteiger charge is -2.33. The van der Waals surface area contributed by atoms with Gasteiger partial charge < -0.3 is 19.3 Å².